The van der Waals surface area contributed by atoms with Crippen molar-refractivity contribution in [2.75, 3.05) is 43.1 Å². The summed E-state index contributed by atoms with van der Waals surface area (Å²) in [6, 6.07) is 5.62. The summed E-state index contributed by atoms with van der Waals surface area (Å²) in [5, 5.41) is 13.0. The number of rotatable bonds is 6. The number of ether oxygens (including phenoxy) is 2. The van der Waals surface area contributed by atoms with E-state index >= 15 is 0 Å². The van der Waals surface area contributed by atoms with Crippen LogP contribution in [-0.2, 0) is 15.7 Å². The largest absolute Gasteiger partial charge is 0.481 e. The van der Waals surface area contributed by atoms with Crippen molar-refractivity contribution < 1.29 is 36.8 Å². The van der Waals surface area contributed by atoms with E-state index in [-0.39, 0.29) is 5.69 Å². The first-order valence-electron chi connectivity index (χ1n) is 9.05. The highest BCUT2D eigenvalue weighted by molar-refractivity contribution is 5.95. The van der Waals surface area contributed by atoms with Gasteiger partial charge in [-0.05, 0) is 24.3 Å². The number of amides is 1. The summed E-state index contributed by atoms with van der Waals surface area (Å²) in [7, 11) is 0. The quantitative estimate of drug-likeness (QED) is 0.417. The number of nitro groups is 1. The molecule has 12 heteroatoms. The average molecular weight is 443 g/mol. The molecule has 2 aromatic rings. The third-order valence-electron chi connectivity index (χ3n) is 4.43. The molecule has 0 atom stereocenters. The zero-order valence-corrected chi connectivity index (χ0v) is 15.9. The van der Waals surface area contributed by atoms with Crippen molar-refractivity contribution in [3.05, 3.63) is 57.9 Å². The predicted molar refractivity (Wildman–Crippen MR) is 102 cm³/mol. The molecule has 0 aromatic heterocycles. The molecule has 1 saturated heterocycles. The number of nitro benzene ring substituents is 1. The maximum atomic E-state index is 13.9. The van der Waals surface area contributed by atoms with Crippen LogP contribution in [0.5, 0.6) is 5.75 Å². The fraction of sp³-hybridized carbons (Fsp3) is 0.316. The van der Waals surface area contributed by atoms with Gasteiger partial charge < -0.3 is 19.7 Å². The Balaban J connectivity index is 1.75. The molecule has 0 spiro atoms. The summed E-state index contributed by atoms with van der Waals surface area (Å²) < 4.78 is 63.5. The first-order valence-corrected chi connectivity index (χ1v) is 9.05. The van der Waals surface area contributed by atoms with E-state index in [0.717, 1.165) is 24.3 Å². The topological polar surface area (TPSA) is 93.9 Å². The molecule has 1 aliphatic heterocycles. The van der Waals surface area contributed by atoms with Crippen LogP contribution < -0.4 is 15.0 Å². The lowest BCUT2D eigenvalue weighted by Crippen LogP contribution is -2.37. The molecule has 1 aliphatic rings. The van der Waals surface area contributed by atoms with Crippen LogP contribution >= 0.6 is 0 Å². The fourth-order valence-electron chi connectivity index (χ4n) is 2.94. The van der Waals surface area contributed by atoms with E-state index in [1.807, 2.05) is 0 Å². The summed E-state index contributed by atoms with van der Waals surface area (Å²) in [4.78, 5) is 23.9. The maximum Gasteiger partial charge on any atom is 0.416 e. The number of non-ortho nitro benzene ring substituents is 1. The van der Waals surface area contributed by atoms with Gasteiger partial charge in [0.1, 0.15) is 0 Å². The average Bonchev–Trinajstić information content (AvgIpc) is 2.72. The standard InChI is InChI=1S/C19H17F4N3O5/c20-14-10-13(26(28)29)2-4-17(14)31-11-18(27)24-15-9-12(19(21,22)23)1-3-16(15)25-5-7-30-8-6-25/h1-4,9-10H,5-8,11H2,(H,24,27). The van der Waals surface area contributed by atoms with Crippen LogP contribution in [-0.4, -0.2) is 43.7 Å². The molecule has 0 saturated carbocycles. The Morgan fingerprint density at radius 1 is 1.19 bits per heavy atom. The zero-order chi connectivity index (χ0) is 22.6. The minimum atomic E-state index is -4.61. The minimum absolute atomic E-state index is 0.0745. The molecular weight excluding hydrogens is 426 g/mol. The van der Waals surface area contributed by atoms with Crippen molar-refractivity contribution >= 4 is 23.0 Å². The number of hydrogen-bond acceptors (Lipinski definition) is 6. The Morgan fingerprint density at radius 3 is 2.52 bits per heavy atom. The minimum Gasteiger partial charge on any atom is -0.481 e. The Kier molecular flexibility index (Phi) is 6.59. The number of carbonyl (C=O) groups excluding carboxylic acids is 1. The predicted octanol–water partition coefficient (Wildman–Crippen LogP) is 3.61. The van der Waals surface area contributed by atoms with E-state index in [0.29, 0.717) is 38.1 Å². The van der Waals surface area contributed by atoms with Crippen LogP contribution in [0.15, 0.2) is 36.4 Å². The lowest BCUT2D eigenvalue weighted by atomic mass is 10.1. The first kappa shape index (κ1) is 22.3. The van der Waals surface area contributed by atoms with Gasteiger partial charge in [0, 0.05) is 19.2 Å². The fourth-order valence-corrected chi connectivity index (χ4v) is 2.94. The highest BCUT2D eigenvalue weighted by Crippen LogP contribution is 2.35. The SMILES string of the molecule is O=C(COc1ccc([N+](=O)[O-])cc1F)Nc1cc(C(F)(F)F)ccc1N1CCOCC1. The molecule has 0 unspecified atom stereocenters. The van der Waals surface area contributed by atoms with Crippen LogP contribution in [0, 0.1) is 15.9 Å². The molecule has 1 fully saturated rings. The second kappa shape index (κ2) is 9.16. The lowest BCUT2D eigenvalue weighted by Gasteiger charge is -2.31. The van der Waals surface area contributed by atoms with Crippen molar-refractivity contribution in [2.45, 2.75) is 6.18 Å². The maximum absolute atomic E-state index is 13.9. The zero-order valence-electron chi connectivity index (χ0n) is 15.9. The van der Waals surface area contributed by atoms with Crippen LogP contribution in [0.3, 0.4) is 0 Å². The van der Waals surface area contributed by atoms with E-state index in [1.165, 1.54) is 6.07 Å². The van der Waals surface area contributed by atoms with Gasteiger partial charge in [0.2, 0.25) is 0 Å². The number of anilines is 2. The Bertz CT molecular complexity index is 978. The van der Waals surface area contributed by atoms with Crippen LogP contribution in [0.4, 0.5) is 34.6 Å². The van der Waals surface area contributed by atoms with Gasteiger partial charge in [0.15, 0.2) is 18.2 Å². The number of nitrogens with one attached hydrogen (secondary N) is 1. The molecule has 31 heavy (non-hydrogen) atoms. The molecule has 0 radical (unpaired) electrons. The normalized spacial score (nSPS) is 14.3. The van der Waals surface area contributed by atoms with Gasteiger partial charge in [0.05, 0.1) is 41.1 Å². The van der Waals surface area contributed by atoms with Crippen molar-refractivity contribution in [1.82, 2.24) is 0 Å². The number of hydrogen-bond donors (Lipinski definition) is 1. The third-order valence-corrected chi connectivity index (χ3v) is 4.43. The van der Waals surface area contributed by atoms with E-state index in [1.54, 1.807) is 4.90 Å². The Morgan fingerprint density at radius 2 is 1.90 bits per heavy atom. The summed E-state index contributed by atoms with van der Waals surface area (Å²) >= 11 is 0. The second-order valence-electron chi connectivity index (χ2n) is 6.54. The molecule has 0 bridgehead atoms. The lowest BCUT2D eigenvalue weighted by molar-refractivity contribution is -0.385. The van der Waals surface area contributed by atoms with Crippen molar-refractivity contribution in [1.29, 1.82) is 0 Å². The van der Waals surface area contributed by atoms with E-state index in [2.05, 4.69) is 5.32 Å². The monoisotopic (exact) mass is 443 g/mol. The smallest absolute Gasteiger partial charge is 0.416 e. The molecule has 0 aliphatic carbocycles. The van der Waals surface area contributed by atoms with Gasteiger partial charge in [-0.3, -0.25) is 14.9 Å². The summed E-state index contributed by atoms with van der Waals surface area (Å²) in [5.74, 6) is -2.28. The van der Waals surface area contributed by atoms with Gasteiger partial charge in [-0.15, -0.1) is 0 Å². The summed E-state index contributed by atoms with van der Waals surface area (Å²) in [5.41, 5.74) is -1.13. The molecular formula is C19H17F4N3O5. The van der Waals surface area contributed by atoms with E-state index in [9.17, 15) is 32.5 Å². The Labute approximate surface area is 173 Å². The van der Waals surface area contributed by atoms with Crippen molar-refractivity contribution in [2.24, 2.45) is 0 Å². The summed E-state index contributed by atoms with van der Waals surface area (Å²) in [6.45, 7) is 0.916. The van der Waals surface area contributed by atoms with Crippen LogP contribution in [0.2, 0.25) is 0 Å². The van der Waals surface area contributed by atoms with Gasteiger partial charge in [0.25, 0.3) is 11.6 Å². The van der Waals surface area contributed by atoms with Gasteiger partial charge in [-0.1, -0.05) is 0 Å². The van der Waals surface area contributed by atoms with Gasteiger partial charge >= 0.3 is 6.18 Å². The highest BCUT2D eigenvalue weighted by Gasteiger charge is 2.32. The number of alkyl halides is 3. The molecule has 1 heterocycles. The highest BCUT2D eigenvalue weighted by atomic mass is 19.4. The van der Waals surface area contributed by atoms with Crippen LogP contribution in [0.25, 0.3) is 0 Å². The van der Waals surface area contributed by atoms with E-state index in [4.69, 9.17) is 9.47 Å². The molecule has 3 rings (SSSR count). The third kappa shape index (κ3) is 5.60. The molecule has 8 nitrogen and oxygen atoms in total. The van der Waals surface area contributed by atoms with Crippen LogP contribution in [0.1, 0.15) is 5.56 Å². The van der Waals surface area contributed by atoms with Gasteiger partial charge in [-0.2, -0.15) is 13.2 Å². The van der Waals surface area contributed by atoms with Crippen molar-refractivity contribution in [3.8, 4) is 5.75 Å². The first-order chi connectivity index (χ1) is 14.6. The number of halogens is 4. The molecule has 1 amide bonds. The Hall–Kier alpha value is -3.41. The molecule has 1 N–H and O–H groups in total. The molecule has 2 aromatic carbocycles. The number of nitrogens with zero attached hydrogens (tertiary/aromatic N) is 2. The second-order valence-corrected chi connectivity index (χ2v) is 6.54. The van der Waals surface area contributed by atoms with Gasteiger partial charge in [-0.25, -0.2) is 4.39 Å². The summed E-state index contributed by atoms with van der Waals surface area (Å²) in [6.07, 6.45) is -4.61. The molecule has 166 valence electrons. The number of morpholine rings is 1. The van der Waals surface area contributed by atoms with E-state index < -0.39 is 46.4 Å². The van der Waals surface area contributed by atoms with Crippen molar-refractivity contribution in [3.63, 3.8) is 0 Å². The number of benzene rings is 2. The number of carbonyl (C=O) groups is 1.